The minimum absolute atomic E-state index is 0.716. The van der Waals surface area contributed by atoms with E-state index < -0.39 is 0 Å². The maximum Gasteiger partial charge on any atom is 0.0542 e. The van der Waals surface area contributed by atoms with Gasteiger partial charge in [0.25, 0.3) is 0 Å². The van der Waals surface area contributed by atoms with Gasteiger partial charge in [0.05, 0.1) is 5.69 Å². The van der Waals surface area contributed by atoms with Gasteiger partial charge in [-0.05, 0) is 40.5 Å². The molecule has 1 aromatic rings. The molecule has 0 aliphatic rings. The molecular weight excluding hydrogens is 266 g/mol. The SMILES string of the molecule is CC(C)CNCCNCc1ccc(Br)cn1. The average molecular weight is 286 g/mol. The van der Waals surface area contributed by atoms with Crippen molar-refractivity contribution in [3.8, 4) is 0 Å². The number of aromatic nitrogens is 1. The van der Waals surface area contributed by atoms with Gasteiger partial charge < -0.3 is 10.6 Å². The zero-order valence-electron chi connectivity index (χ0n) is 9.96. The number of nitrogens with one attached hydrogen (secondary N) is 2. The van der Waals surface area contributed by atoms with Gasteiger partial charge in [0.1, 0.15) is 0 Å². The standard InChI is InChI=1S/C12H20BrN3/c1-10(2)7-14-5-6-15-9-12-4-3-11(13)8-16-12/h3-4,8,10,14-15H,5-7,9H2,1-2H3. The molecule has 3 nitrogen and oxygen atoms in total. The topological polar surface area (TPSA) is 37.0 Å². The van der Waals surface area contributed by atoms with Crippen molar-refractivity contribution >= 4 is 15.9 Å². The van der Waals surface area contributed by atoms with Crippen LogP contribution in [0.25, 0.3) is 0 Å². The fourth-order valence-electron chi connectivity index (χ4n) is 1.29. The first kappa shape index (κ1) is 13.6. The van der Waals surface area contributed by atoms with Gasteiger partial charge in [-0.25, -0.2) is 0 Å². The van der Waals surface area contributed by atoms with Crippen LogP contribution in [0, 0.1) is 5.92 Å². The van der Waals surface area contributed by atoms with E-state index in [0.29, 0.717) is 5.92 Å². The summed E-state index contributed by atoms with van der Waals surface area (Å²) in [6.45, 7) is 8.33. The number of hydrogen-bond acceptors (Lipinski definition) is 3. The van der Waals surface area contributed by atoms with Crippen molar-refractivity contribution in [1.29, 1.82) is 0 Å². The predicted molar refractivity (Wildman–Crippen MR) is 71.4 cm³/mol. The van der Waals surface area contributed by atoms with Gasteiger partial charge >= 0.3 is 0 Å². The highest BCUT2D eigenvalue weighted by atomic mass is 79.9. The van der Waals surface area contributed by atoms with Crippen molar-refractivity contribution in [2.24, 2.45) is 5.92 Å². The van der Waals surface area contributed by atoms with E-state index in [4.69, 9.17) is 0 Å². The third-order valence-corrected chi connectivity index (χ3v) is 2.59. The highest BCUT2D eigenvalue weighted by molar-refractivity contribution is 9.10. The Morgan fingerprint density at radius 2 is 2.00 bits per heavy atom. The van der Waals surface area contributed by atoms with E-state index >= 15 is 0 Å². The molecule has 0 aliphatic heterocycles. The van der Waals surface area contributed by atoms with Crippen molar-refractivity contribution in [2.45, 2.75) is 20.4 Å². The van der Waals surface area contributed by atoms with Crippen LogP contribution >= 0.6 is 15.9 Å². The summed E-state index contributed by atoms with van der Waals surface area (Å²) in [5, 5.41) is 6.74. The largest absolute Gasteiger partial charge is 0.315 e. The van der Waals surface area contributed by atoms with Gasteiger partial charge in [-0.1, -0.05) is 13.8 Å². The van der Waals surface area contributed by atoms with Crippen LogP contribution in [-0.2, 0) is 6.54 Å². The first-order valence-electron chi connectivity index (χ1n) is 5.70. The van der Waals surface area contributed by atoms with Gasteiger partial charge in [-0.2, -0.15) is 0 Å². The van der Waals surface area contributed by atoms with E-state index in [1.54, 1.807) is 0 Å². The Labute approximate surface area is 106 Å². The van der Waals surface area contributed by atoms with E-state index in [-0.39, 0.29) is 0 Å². The lowest BCUT2D eigenvalue weighted by atomic mass is 10.2. The molecule has 0 amide bonds. The lowest BCUT2D eigenvalue weighted by Gasteiger charge is -2.08. The van der Waals surface area contributed by atoms with Crippen molar-refractivity contribution in [1.82, 2.24) is 15.6 Å². The monoisotopic (exact) mass is 285 g/mol. The lowest BCUT2D eigenvalue weighted by Crippen LogP contribution is -2.29. The summed E-state index contributed by atoms with van der Waals surface area (Å²) < 4.78 is 1.02. The van der Waals surface area contributed by atoms with Gasteiger partial charge in [-0.15, -0.1) is 0 Å². The molecule has 4 heteroatoms. The van der Waals surface area contributed by atoms with Crippen LogP contribution in [0.4, 0.5) is 0 Å². The molecule has 1 aromatic heterocycles. The Hall–Kier alpha value is -0.450. The molecule has 2 N–H and O–H groups in total. The Morgan fingerprint density at radius 1 is 1.25 bits per heavy atom. The average Bonchev–Trinajstić information content (AvgIpc) is 2.25. The summed E-state index contributed by atoms with van der Waals surface area (Å²) in [6.07, 6.45) is 1.83. The van der Waals surface area contributed by atoms with Crippen LogP contribution in [-0.4, -0.2) is 24.6 Å². The molecule has 0 unspecified atom stereocenters. The van der Waals surface area contributed by atoms with E-state index in [2.05, 4.69) is 45.4 Å². The second-order valence-electron chi connectivity index (χ2n) is 4.24. The minimum Gasteiger partial charge on any atom is -0.315 e. The maximum absolute atomic E-state index is 4.29. The van der Waals surface area contributed by atoms with Crippen molar-refractivity contribution in [3.05, 3.63) is 28.5 Å². The summed E-state index contributed by atoms with van der Waals surface area (Å²) in [4.78, 5) is 4.29. The Kier molecular flexibility index (Phi) is 6.61. The van der Waals surface area contributed by atoms with Gasteiger partial charge in [-0.3, -0.25) is 4.98 Å². The van der Waals surface area contributed by atoms with Crippen LogP contribution in [0.15, 0.2) is 22.8 Å². The number of halogens is 1. The predicted octanol–water partition coefficient (Wildman–Crippen LogP) is 2.18. The Morgan fingerprint density at radius 3 is 2.62 bits per heavy atom. The van der Waals surface area contributed by atoms with E-state index in [0.717, 1.165) is 36.3 Å². The number of hydrogen-bond donors (Lipinski definition) is 2. The molecule has 0 spiro atoms. The zero-order chi connectivity index (χ0) is 11.8. The van der Waals surface area contributed by atoms with Crippen LogP contribution in [0.3, 0.4) is 0 Å². The summed E-state index contributed by atoms with van der Waals surface area (Å²) in [5.74, 6) is 0.716. The molecule has 1 rings (SSSR count). The molecule has 0 saturated heterocycles. The van der Waals surface area contributed by atoms with Crippen molar-refractivity contribution in [2.75, 3.05) is 19.6 Å². The smallest absolute Gasteiger partial charge is 0.0542 e. The number of pyridine rings is 1. The Balaban J connectivity index is 2.05. The fourth-order valence-corrected chi connectivity index (χ4v) is 1.53. The maximum atomic E-state index is 4.29. The summed E-state index contributed by atoms with van der Waals surface area (Å²) in [5.41, 5.74) is 1.08. The van der Waals surface area contributed by atoms with Gasteiger partial charge in [0, 0.05) is 30.3 Å². The van der Waals surface area contributed by atoms with Crippen molar-refractivity contribution < 1.29 is 0 Å². The fraction of sp³-hybridized carbons (Fsp3) is 0.583. The third-order valence-electron chi connectivity index (χ3n) is 2.13. The van der Waals surface area contributed by atoms with Crippen LogP contribution in [0.2, 0.25) is 0 Å². The summed E-state index contributed by atoms with van der Waals surface area (Å²) >= 11 is 3.37. The molecular formula is C12H20BrN3. The van der Waals surface area contributed by atoms with Gasteiger partial charge in [0.2, 0.25) is 0 Å². The lowest BCUT2D eigenvalue weighted by molar-refractivity contribution is 0.534. The Bertz CT molecular complexity index is 285. The van der Waals surface area contributed by atoms with Crippen LogP contribution in [0.5, 0.6) is 0 Å². The number of nitrogens with zero attached hydrogens (tertiary/aromatic N) is 1. The van der Waals surface area contributed by atoms with E-state index in [1.165, 1.54) is 0 Å². The third kappa shape index (κ3) is 6.20. The first-order chi connectivity index (χ1) is 7.68. The van der Waals surface area contributed by atoms with E-state index in [1.807, 2.05) is 18.3 Å². The summed E-state index contributed by atoms with van der Waals surface area (Å²) in [6, 6.07) is 4.04. The second-order valence-corrected chi connectivity index (χ2v) is 5.16. The van der Waals surface area contributed by atoms with E-state index in [9.17, 15) is 0 Å². The molecule has 0 saturated carbocycles. The van der Waals surface area contributed by atoms with Crippen LogP contribution in [0.1, 0.15) is 19.5 Å². The molecule has 0 fully saturated rings. The van der Waals surface area contributed by atoms with Crippen LogP contribution < -0.4 is 10.6 Å². The van der Waals surface area contributed by atoms with Crippen molar-refractivity contribution in [3.63, 3.8) is 0 Å². The molecule has 0 bridgehead atoms. The molecule has 0 aliphatic carbocycles. The number of rotatable bonds is 7. The molecule has 0 radical (unpaired) electrons. The zero-order valence-corrected chi connectivity index (χ0v) is 11.5. The molecule has 90 valence electrons. The highest BCUT2D eigenvalue weighted by Gasteiger charge is 1.95. The minimum atomic E-state index is 0.716. The quantitative estimate of drug-likeness (QED) is 0.754. The first-order valence-corrected chi connectivity index (χ1v) is 6.49. The highest BCUT2D eigenvalue weighted by Crippen LogP contribution is 2.06. The molecule has 0 aromatic carbocycles. The normalized spacial score (nSPS) is 11.0. The molecule has 1 heterocycles. The second kappa shape index (κ2) is 7.76. The van der Waals surface area contributed by atoms with Gasteiger partial charge in [0.15, 0.2) is 0 Å². The summed E-state index contributed by atoms with van der Waals surface area (Å²) in [7, 11) is 0. The molecule has 0 atom stereocenters. The molecule has 16 heavy (non-hydrogen) atoms.